The van der Waals surface area contributed by atoms with Gasteiger partial charge in [0, 0.05) is 11.6 Å². The summed E-state index contributed by atoms with van der Waals surface area (Å²) in [6.07, 6.45) is 3.08. The van der Waals surface area contributed by atoms with Gasteiger partial charge in [-0.25, -0.2) is 0 Å². The van der Waals surface area contributed by atoms with Crippen LogP contribution in [0.25, 0.3) is 5.57 Å². The quantitative estimate of drug-likeness (QED) is 0.703. The van der Waals surface area contributed by atoms with Gasteiger partial charge in [-0.3, -0.25) is 0 Å². The summed E-state index contributed by atoms with van der Waals surface area (Å²) in [4.78, 5) is 0. The van der Waals surface area contributed by atoms with E-state index in [2.05, 4.69) is 12.1 Å². The first-order chi connectivity index (χ1) is 5.83. The van der Waals surface area contributed by atoms with Gasteiger partial charge in [0.1, 0.15) is 0 Å². The molecule has 2 rings (SSSR count). The molecule has 0 amide bonds. The molecule has 62 valence electrons. The molecule has 2 N–H and O–H groups in total. The standard InChI is InChI=1S/C10H10ClN/c11-10-3-1-2-8-7(6-12)4-5-9(8)10/h1-4H,5-6,12H2. The van der Waals surface area contributed by atoms with E-state index in [-0.39, 0.29) is 0 Å². The Balaban J connectivity index is 2.53. The second-order valence-corrected chi connectivity index (χ2v) is 3.31. The van der Waals surface area contributed by atoms with Crippen LogP contribution in [0.15, 0.2) is 24.3 Å². The number of allylic oxidation sites excluding steroid dienone is 1. The highest BCUT2D eigenvalue weighted by molar-refractivity contribution is 6.31. The molecule has 1 aromatic carbocycles. The monoisotopic (exact) mass is 179 g/mol. The van der Waals surface area contributed by atoms with E-state index in [1.54, 1.807) is 0 Å². The molecule has 1 aromatic rings. The summed E-state index contributed by atoms with van der Waals surface area (Å²) in [7, 11) is 0. The van der Waals surface area contributed by atoms with Crippen molar-refractivity contribution in [2.24, 2.45) is 5.73 Å². The average molecular weight is 180 g/mol. The molecule has 1 aliphatic rings. The Hall–Kier alpha value is -0.790. The lowest BCUT2D eigenvalue weighted by atomic mass is 10.1. The van der Waals surface area contributed by atoms with Crippen molar-refractivity contribution in [2.75, 3.05) is 6.54 Å². The first kappa shape index (κ1) is 7.84. The summed E-state index contributed by atoms with van der Waals surface area (Å²) in [5, 5.41) is 0.854. The molecule has 0 unspecified atom stereocenters. The van der Waals surface area contributed by atoms with Crippen molar-refractivity contribution in [3.05, 3.63) is 40.4 Å². The molecule has 0 saturated heterocycles. The average Bonchev–Trinajstić information content (AvgIpc) is 2.49. The third-order valence-electron chi connectivity index (χ3n) is 2.24. The Bertz CT molecular complexity index is 342. The van der Waals surface area contributed by atoms with Crippen LogP contribution in [0.1, 0.15) is 11.1 Å². The van der Waals surface area contributed by atoms with Crippen molar-refractivity contribution in [1.29, 1.82) is 0 Å². The highest BCUT2D eigenvalue weighted by atomic mass is 35.5. The predicted molar refractivity (Wildman–Crippen MR) is 52.2 cm³/mol. The number of benzene rings is 1. The Labute approximate surface area is 76.8 Å². The number of nitrogens with two attached hydrogens (primary N) is 1. The van der Waals surface area contributed by atoms with Crippen LogP contribution in [-0.2, 0) is 6.42 Å². The topological polar surface area (TPSA) is 26.0 Å². The number of hydrogen-bond donors (Lipinski definition) is 1. The van der Waals surface area contributed by atoms with Crippen molar-refractivity contribution in [2.45, 2.75) is 6.42 Å². The molecule has 2 heteroatoms. The fraction of sp³-hybridized carbons (Fsp3) is 0.200. The fourth-order valence-electron chi connectivity index (χ4n) is 1.60. The van der Waals surface area contributed by atoms with Gasteiger partial charge in [-0.15, -0.1) is 0 Å². The van der Waals surface area contributed by atoms with Crippen LogP contribution in [0.4, 0.5) is 0 Å². The van der Waals surface area contributed by atoms with Crippen LogP contribution >= 0.6 is 11.6 Å². The maximum atomic E-state index is 6.02. The molecule has 0 aromatic heterocycles. The third-order valence-corrected chi connectivity index (χ3v) is 2.59. The lowest BCUT2D eigenvalue weighted by Gasteiger charge is -2.03. The Morgan fingerprint density at radius 2 is 2.25 bits per heavy atom. The first-order valence-corrected chi connectivity index (χ1v) is 4.37. The maximum Gasteiger partial charge on any atom is 0.0447 e. The highest BCUT2D eigenvalue weighted by Gasteiger charge is 2.14. The lowest BCUT2D eigenvalue weighted by Crippen LogP contribution is -2.00. The van der Waals surface area contributed by atoms with Crippen LogP contribution in [-0.4, -0.2) is 6.54 Å². The molecule has 1 aliphatic carbocycles. The Morgan fingerprint density at radius 1 is 1.42 bits per heavy atom. The number of halogens is 1. The van der Waals surface area contributed by atoms with Gasteiger partial charge >= 0.3 is 0 Å². The number of hydrogen-bond acceptors (Lipinski definition) is 1. The second kappa shape index (κ2) is 2.92. The molecule has 0 saturated carbocycles. The van der Waals surface area contributed by atoms with Gasteiger partial charge in [0.25, 0.3) is 0 Å². The van der Waals surface area contributed by atoms with E-state index in [4.69, 9.17) is 17.3 Å². The summed E-state index contributed by atoms with van der Waals surface area (Å²) >= 11 is 6.02. The van der Waals surface area contributed by atoms with E-state index in [1.807, 2.05) is 12.1 Å². The molecule has 0 aliphatic heterocycles. The van der Waals surface area contributed by atoms with Crippen molar-refractivity contribution in [1.82, 2.24) is 0 Å². The van der Waals surface area contributed by atoms with Gasteiger partial charge in [-0.2, -0.15) is 0 Å². The highest BCUT2D eigenvalue weighted by Crippen LogP contribution is 2.31. The van der Waals surface area contributed by atoms with Crippen molar-refractivity contribution < 1.29 is 0 Å². The van der Waals surface area contributed by atoms with Gasteiger partial charge in [0.2, 0.25) is 0 Å². The van der Waals surface area contributed by atoms with Crippen LogP contribution in [0.3, 0.4) is 0 Å². The van der Waals surface area contributed by atoms with Crippen molar-refractivity contribution in [3.8, 4) is 0 Å². The van der Waals surface area contributed by atoms with E-state index >= 15 is 0 Å². The van der Waals surface area contributed by atoms with Crippen molar-refractivity contribution >= 4 is 17.2 Å². The van der Waals surface area contributed by atoms with Crippen LogP contribution in [0.5, 0.6) is 0 Å². The molecule has 1 nitrogen and oxygen atoms in total. The minimum atomic E-state index is 0.605. The molecule has 12 heavy (non-hydrogen) atoms. The third kappa shape index (κ3) is 1.06. The molecule has 0 atom stereocenters. The summed E-state index contributed by atoms with van der Waals surface area (Å²) in [6.45, 7) is 0.605. The summed E-state index contributed by atoms with van der Waals surface area (Å²) in [5.41, 5.74) is 9.25. The van der Waals surface area contributed by atoms with Gasteiger partial charge in [0.05, 0.1) is 0 Å². The van der Waals surface area contributed by atoms with Gasteiger partial charge in [0.15, 0.2) is 0 Å². The van der Waals surface area contributed by atoms with Gasteiger partial charge in [-0.05, 0) is 29.2 Å². The Morgan fingerprint density at radius 3 is 3.00 bits per heavy atom. The zero-order chi connectivity index (χ0) is 8.55. The van der Waals surface area contributed by atoms with Crippen LogP contribution in [0.2, 0.25) is 5.02 Å². The van der Waals surface area contributed by atoms with E-state index in [0.29, 0.717) is 6.54 Å². The minimum Gasteiger partial charge on any atom is -0.326 e. The minimum absolute atomic E-state index is 0.605. The predicted octanol–water partition coefficient (Wildman–Crippen LogP) is 2.24. The summed E-state index contributed by atoms with van der Waals surface area (Å²) < 4.78 is 0. The zero-order valence-electron chi connectivity index (χ0n) is 6.68. The summed E-state index contributed by atoms with van der Waals surface area (Å²) in [6, 6.07) is 5.97. The largest absolute Gasteiger partial charge is 0.326 e. The summed E-state index contributed by atoms with van der Waals surface area (Å²) in [5.74, 6) is 0. The molecular formula is C10H10ClN. The Kier molecular flexibility index (Phi) is 1.91. The lowest BCUT2D eigenvalue weighted by molar-refractivity contribution is 1.27. The smallest absolute Gasteiger partial charge is 0.0447 e. The fourth-order valence-corrected chi connectivity index (χ4v) is 1.85. The molecule has 0 bridgehead atoms. The first-order valence-electron chi connectivity index (χ1n) is 4.00. The molecule has 0 radical (unpaired) electrons. The molecule has 0 fully saturated rings. The molecule has 0 spiro atoms. The van der Waals surface area contributed by atoms with Crippen LogP contribution in [0, 0.1) is 0 Å². The zero-order valence-corrected chi connectivity index (χ0v) is 7.43. The van der Waals surface area contributed by atoms with E-state index in [9.17, 15) is 0 Å². The number of fused-ring (bicyclic) bond motifs is 1. The SMILES string of the molecule is NCC1=CCc2c(Cl)cccc21. The molecule has 0 heterocycles. The van der Waals surface area contributed by atoms with E-state index < -0.39 is 0 Å². The second-order valence-electron chi connectivity index (χ2n) is 2.90. The maximum absolute atomic E-state index is 6.02. The molecular weight excluding hydrogens is 170 g/mol. The van der Waals surface area contributed by atoms with Crippen LogP contribution < -0.4 is 5.73 Å². The normalized spacial score (nSPS) is 14.3. The van der Waals surface area contributed by atoms with E-state index in [0.717, 1.165) is 11.4 Å². The van der Waals surface area contributed by atoms with Gasteiger partial charge in [-0.1, -0.05) is 29.8 Å². The van der Waals surface area contributed by atoms with Crippen molar-refractivity contribution in [3.63, 3.8) is 0 Å². The van der Waals surface area contributed by atoms with Gasteiger partial charge < -0.3 is 5.73 Å². The van der Waals surface area contributed by atoms with E-state index in [1.165, 1.54) is 16.7 Å². The number of rotatable bonds is 1.